The molecule has 2 saturated heterocycles. The highest BCUT2D eigenvalue weighted by molar-refractivity contribution is 5.98. The fraction of sp³-hybridized carbons (Fsp3) is 0.478. The van der Waals surface area contributed by atoms with Crippen molar-refractivity contribution in [3.05, 3.63) is 48.4 Å². The van der Waals surface area contributed by atoms with Crippen molar-refractivity contribution in [2.24, 2.45) is 5.92 Å². The van der Waals surface area contributed by atoms with Crippen LogP contribution in [0.2, 0.25) is 0 Å². The van der Waals surface area contributed by atoms with Crippen LogP contribution in [0.15, 0.2) is 47.1 Å². The van der Waals surface area contributed by atoms with Crippen LogP contribution in [0.5, 0.6) is 0 Å². The van der Waals surface area contributed by atoms with Crippen molar-refractivity contribution in [1.82, 2.24) is 9.80 Å². The molecule has 0 radical (unpaired) electrons. The van der Waals surface area contributed by atoms with Crippen molar-refractivity contribution in [2.75, 3.05) is 26.2 Å². The Morgan fingerprint density at radius 3 is 2.24 bits per heavy atom. The first kappa shape index (κ1) is 19.7. The lowest BCUT2D eigenvalue weighted by molar-refractivity contribution is -0.148. The third kappa shape index (κ3) is 4.22. The van der Waals surface area contributed by atoms with Gasteiger partial charge in [-0.2, -0.15) is 0 Å². The lowest BCUT2D eigenvalue weighted by Gasteiger charge is -2.39. The van der Waals surface area contributed by atoms with Gasteiger partial charge in [0.15, 0.2) is 5.76 Å². The zero-order chi connectivity index (χ0) is 20.4. The number of furan rings is 1. The topological polar surface area (TPSA) is 63.0 Å². The number of likely N-dealkylation sites (tertiary alicyclic amines) is 1. The summed E-state index contributed by atoms with van der Waals surface area (Å²) in [6.07, 6.45) is 3.07. The molecular weight excluding hydrogens is 368 g/mol. The summed E-state index contributed by atoms with van der Waals surface area (Å²) in [6, 6.07) is 11.6. The second-order valence-electron chi connectivity index (χ2n) is 8.10. The Morgan fingerprint density at radius 2 is 1.59 bits per heavy atom. The van der Waals surface area contributed by atoms with E-state index < -0.39 is 0 Å². The van der Waals surface area contributed by atoms with Gasteiger partial charge in [-0.05, 0) is 38.3 Å². The van der Waals surface area contributed by atoms with Crippen LogP contribution in [-0.4, -0.2) is 60.0 Å². The Morgan fingerprint density at radius 1 is 0.931 bits per heavy atom. The van der Waals surface area contributed by atoms with Crippen molar-refractivity contribution in [3.8, 4) is 11.1 Å². The van der Waals surface area contributed by atoms with Crippen molar-refractivity contribution in [3.63, 3.8) is 0 Å². The van der Waals surface area contributed by atoms with Crippen molar-refractivity contribution < 1.29 is 18.7 Å². The molecule has 29 heavy (non-hydrogen) atoms. The number of hydrogen-bond acceptors (Lipinski definition) is 4. The largest absolute Gasteiger partial charge is 0.459 e. The Bertz CT molecular complexity index is 845. The molecule has 0 saturated carbocycles. The minimum atomic E-state index is -0.103. The van der Waals surface area contributed by atoms with Gasteiger partial charge in [0.25, 0.3) is 5.91 Å². The van der Waals surface area contributed by atoms with Crippen LogP contribution in [0.1, 0.15) is 37.2 Å². The zero-order valence-corrected chi connectivity index (χ0v) is 17.0. The summed E-state index contributed by atoms with van der Waals surface area (Å²) in [4.78, 5) is 29.7. The summed E-state index contributed by atoms with van der Waals surface area (Å²) < 4.78 is 11.3. The van der Waals surface area contributed by atoms with E-state index in [1.165, 1.54) is 0 Å². The molecule has 1 aromatic heterocycles. The summed E-state index contributed by atoms with van der Waals surface area (Å²) in [7, 11) is 0. The number of carbonyl (C=O) groups excluding carboxylic acids is 2. The van der Waals surface area contributed by atoms with E-state index in [4.69, 9.17) is 9.15 Å². The summed E-state index contributed by atoms with van der Waals surface area (Å²) in [6.45, 7) is 6.44. The third-order valence-corrected chi connectivity index (χ3v) is 5.81. The van der Waals surface area contributed by atoms with Crippen LogP contribution >= 0.6 is 0 Å². The summed E-state index contributed by atoms with van der Waals surface area (Å²) in [5, 5.41) is 0. The molecule has 0 spiro atoms. The predicted octanol–water partition coefficient (Wildman–Crippen LogP) is 3.43. The Labute approximate surface area is 171 Å². The number of rotatable bonds is 3. The first-order valence-corrected chi connectivity index (χ1v) is 10.4. The molecule has 2 fully saturated rings. The molecule has 2 aliphatic rings. The number of amides is 2. The van der Waals surface area contributed by atoms with E-state index >= 15 is 0 Å². The van der Waals surface area contributed by atoms with Crippen molar-refractivity contribution >= 4 is 11.8 Å². The van der Waals surface area contributed by atoms with Gasteiger partial charge >= 0.3 is 0 Å². The fourth-order valence-corrected chi connectivity index (χ4v) is 4.41. The van der Waals surface area contributed by atoms with Gasteiger partial charge < -0.3 is 19.0 Å². The maximum Gasteiger partial charge on any atom is 0.290 e. The standard InChI is InChI=1S/C23H28N2O4/c1-16-14-25(15-17(2)29-16)22(26)19-8-11-24(12-9-19)23(27)21-20(10-13-28-21)18-6-4-3-5-7-18/h3-7,10,13,16-17,19H,8-9,11-12,14-15H2,1-2H3. The molecule has 4 rings (SSSR count). The second-order valence-corrected chi connectivity index (χ2v) is 8.10. The van der Waals surface area contributed by atoms with Gasteiger partial charge in [-0.1, -0.05) is 30.3 Å². The Balaban J connectivity index is 1.38. The molecule has 0 aliphatic carbocycles. The molecule has 6 heteroatoms. The molecule has 2 atom stereocenters. The minimum Gasteiger partial charge on any atom is -0.459 e. The fourth-order valence-electron chi connectivity index (χ4n) is 4.41. The normalized spacial score (nSPS) is 23.2. The van der Waals surface area contributed by atoms with Crippen LogP contribution < -0.4 is 0 Å². The van der Waals surface area contributed by atoms with Gasteiger partial charge in [-0.15, -0.1) is 0 Å². The predicted molar refractivity (Wildman–Crippen MR) is 109 cm³/mol. The Hall–Kier alpha value is -2.60. The molecular formula is C23H28N2O4. The molecule has 3 heterocycles. The van der Waals surface area contributed by atoms with Crippen LogP contribution in [0.3, 0.4) is 0 Å². The van der Waals surface area contributed by atoms with Gasteiger partial charge in [-0.25, -0.2) is 0 Å². The molecule has 1 aromatic carbocycles. The number of morpholine rings is 1. The number of piperidine rings is 1. The van der Waals surface area contributed by atoms with E-state index in [0.717, 1.165) is 11.1 Å². The average Bonchev–Trinajstić information content (AvgIpc) is 3.23. The van der Waals surface area contributed by atoms with Crippen LogP contribution in [0.4, 0.5) is 0 Å². The first-order chi connectivity index (χ1) is 14.0. The first-order valence-electron chi connectivity index (χ1n) is 10.4. The highest BCUT2D eigenvalue weighted by Crippen LogP contribution is 2.28. The monoisotopic (exact) mass is 396 g/mol. The van der Waals surface area contributed by atoms with E-state index in [-0.39, 0.29) is 29.9 Å². The number of benzene rings is 1. The van der Waals surface area contributed by atoms with Gasteiger partial charge in [-0.3, -0.25) is 9.59 Å². The lowest BCUT2D eigenvalue weighted by Crippen LogP contribution is -2.51. The average molecular weight is 396 g/mol. The highest BCUT2D eigenvalue weighted by atomic mass is 16.5. The van der Waals surface area contributed by atoms with Crippen LogP contribution in [-0.2, 0) is 9.53 Å². The molecule has 2 unspecified atom stereocenters. The van der Waals surface area contributed by atoms with E-state index in [1.54, 1.807) is 11.2 Å². The smallest absolute Gasteiger partial charge is 0.290 e. The minimum absolute atomic E-state index is 0.0262. The molecule has 6 nitrogen and oxygen atoms in total. The van der Waals surface area contributed by atoms with E-state index in [9.17, 15) is 9.59 Å². The molecule has 0 bridgehead atoms. The maximum atomic E-state index is 13.0. The van der Waals surface area contributed by atoms with E-state index in [0.29, 0.717) is 44.8 Å². The summed E-state index contributed by atoms with van der Waals surface area (Å²) in [5.74, 6) is 0.439. The molecule has 2 amide bonds. The molecule has 2 aliphatic heterocycles. The lowest BCUT2D eigenvalue weighted by atomic mass is 9.94. The van der Waals surface area contributed by atoms with Crippen LogP contribution in [0.25, 0.3) is 11.1 Å². The molecule has 154 valence electrons. The zero-order valence-electron chi connectivity index (χ0n) is 17.0. The van der Waals surface area contributed by atoms with Gasteiger partial charge in [0.1, 0.15) is 0 Å². The quantitative estimate of drug-likeness (QED) is 0.797. The van der Waals surface area contributed by atoms with Crippen molar-refractivity contribution in [1.29, 1.82) is 0 Å². The number of carbonyl (C=O) groups is 2. The second kappa shape index (κ2) is 8.41. The van der Waals surface area contributed by atoms with Crippen molar-refractivity contribution in [2.45, 2.75) is 38.9 Å². The third-order valence-electron chi connectivity index (χ3n) is 5.81. The Kier molecular flexibility index (Phi) is 5.72. The summed E-state index contributed by atoms with van der Waals surface area (Å²) >= 11 is 0. The molecule has 2 aromatic rings. The van der Waals surface area contributed by atoms with Gasteiger partial charge in [0.05, 0.1) is 18.5 Å². The van der Waals surface area contributed by atoms with Gasteiger partial charge in [0.2, 0.25) is 5.91 Å². The SMILES string of the molecule is CC1CN(C(=O)C2CCN(C(=O)c3occc3-c3ccccc3)CC2)CC(C)O1. The number of hydrogen-bond donors (Lipinski definition) is 0. The van der Waals surface area contributed by atoms with E-state index in [1.807, 2.05) is 55.1 Å². The maximum absolute atomic E-state index is 13.0. The number of nitrogens with zero attached hydrogens (tertiary/aromatic N) is 2. The number of ether oxygens (including phenoxy) is 1. The molecule has 0 N–H and O–H groups in total. The van der Waals surface area contributed by atoms with E-state index in [2.05, 4.69) is 0 Å². The van der Waals surface area contributed by atoms with Crippen LogP contribution in [0, 0.1) is 5.92 Å². The summed E-state index contributed by atoms with van der Waals surface area (Å²) in [5.41, 5.74) is 1.77. The van der Waals surface area contributed by atoms with Gasteiger partial charge in [0, 0.05) is 37.7 Å². The highest BCUT2D eigenvalue weighted by Gasteiger charge is 2.34.